The summed E-state index contributed by atoms with van der Waals surface area (Å²) >= 11 is 1.56. The van der Waals surface area contributed by atoms with Crippen LogP contribution in [-0.2, 0) is 54.4 Å². The molecule has 1 heterocycles. The largest absolute Gasteiger partial charge is 0.494 e. The van der Waals surface area contributed by atoms with Crippen LogP contribution in [0.5, 0.6) is 34.5 Å². The molecule has 2 aliphatic rings. The van der Waals surface area contributed by atoms with Crippen LogP contribution in [0.15, 0.2) is 164 Å². The molecule has 6 aromatic carbocycles. The highest BCUT2D eigenvalue weighted by Gasteiger charge is 2.30. The third kappa shape index (κ3) is 26.2. The predicted octanol–water partition coefficient (Wildman–Crippen LogP) is 17.2. The number of aromatic nitrogens is 1. The molecule has 100 heavy (non-hydrogen) atoms. The van der Waals surface area contributed by atoms with Crippen molar-refractivity contribution in [1.82, 2.24) is 4.98 Å². The number of unbranched alkanes of at least 4 members (excludes halogenated alkanes) is 11. The smallest absolute Gasteiger partial charge is 0.330 e. The Morgan fingerprint density at radius 2 is 0.990 bits per heavy atom. The van der Waals surface area contributed by atoms with Gasteiger partial charge in [0, 0.05) is 24.3 Å². The fourth-order valence-corrected chi connectivity index (χ4v) is 12.9. The fourth-order valence-electron chi connectivity index (χ4n) is 12.0. The number of esters is 5. The second-order valence-electron chi connectivity index (χ2n) is 25.5. The topological polar surface area (TPSA) is 215 Å². The molecule has 0 amide bonds. The Hall–Kier alpha value is -9.11. The van der Waals surface area contributed by atoms with Crippen LogP contribution in [0.2, 0.25) is 0 Å². The maximum absolute atomic E-state index is 13.9. The first kappa shape index (κ1) is 75.1. The van der Waals surface area contributed by atoms with Crippen molar-refractivity contribution in [3.63, 3.8) is 0 Å². The molecule has 0 saturated heterocycles. The third-order valence-corrected chi connectivity index (χ3v) is 18.9. The average Bonchev–Trinajstić information content (AvgIpc) is 1.60. The maximum Gasteiger partial charge on any atom is 0.330 e. The molecule has 0 radical (unpaired) electrons. The lowest BCUT2D eigenvalue weighted by atomic mass is 9.82. The summed E-state index contributed by atoms with van der Waals surface area (Å²) in [6.45, 7) is 10.4. The quantitative estimate of drug-likeness (QED) is 0.00507. The Kier molecular flexibility index (Phi) is 31.6. The van der Waals surface area contributed by atoms with E-state index >= 15 is 0 Å². The minimum absolute atomic E-state index is 0.140. The lowest BCUT2D eigenvalue weighted by Crippen LogP contribution is -2.27. The summed E-state index contributed by atoms with van der Waals surface area (Å²) in [4.78, 5) is 90.7. The van der Waals surface area contributed by atoms with Gasteiger partial charge < -0.3 is 42.9 Å². The van der Waals surface area contributed by atoms with Crippen molar-refractivity contribution in [2.45, 2.75) is 148 Å². The van der Waals surface area contributed by atoms with E-state index in [1.807, 2.05) is 71.7 Å². The number of hydrogen-bond acceptors (Lipinski definition) is 20. The van der Waals surface area contributed by atoms with Crippen molar-refractivity contribution in [1.29, 1.82) is 0 Å². The SMILES string of the molecule is C=CC(=O)OCCCCCCOc1ccc(OOCC2CCC(C(=O)Oc3ccc(OOCC4CCC(C(=O)Oc5ccc(OCCCCCCOC(=O)C=C)cc5)CC4)c(/C=N/N(CCCCCCCCOC(=O)Cc4ccc5ccccc5c4)c4nc5ccccc5s4)c3)CC2)cc1. The third-order valence-electron chi connectivity index (χ3n) is 17.8. The van der Waals surface area contributed by atoms with E-state index in [4.69, 9.17) is 62.8 Å². The van der Waals surface area contributed by atoms with Gasteiger partial charge in [-0.1, -0.05) is 105 Å². The van der Waals surface area contributed by atoms with Crippen molar-refractivity contribution >= 4 is 73.5 Å². The van der Waals surface area contributed by atoms with Gasteiger partial charge in [0.25, 0.3) is 0 Å². The molecule has 20 heteroatoms. The van der Waals surface area contributed by atoms with Crippen LogP contribution in [0.3, 0.4) is 0 Å². The number of fused-ring (bicyclic) bond motifs is 2. The van der Waals surface area contributed by atoms with Gasteiger partial charge in [-0.3, -0.25) is 14.4 Å². The van der Waals surface area contributed by atoms with Crippen LogP contribution in [-0.4, -0.2) is 93.8 Å². The monoisotopic (exact) mass is 1390 g/mol. The highest BCUT2D eigenvalue weighted by Crippen LogP contribution is 2.35. The minimum atomic E-state index is -0.405. The zero-order chi connectivity index (χ0) is 69.8. The number of hydrazone groups is 1. The van der Waals surface area contributed by atoms with Gasteiger partial charge in [0.05, 0.1) is 80.9 Å². The number of para-hydroxylation sites is 1. The average molecular weight is 1390 g/mol. The minimum Gasteiger partial charge on any atom is -0.494 e. The maximum atomic E-state index is 13.9. The molecule has 19 nitrogen and oxygen atoms in total. The Morgan fingerprint density at radius 1 is 0.490 bits per heavy atom. The van der Waals surface area contributed by atoms with Crippen molar-refractivity contribution in [3.8, 4) is 34.5 Å². The fraction of sp³-hybridized carbons (Fsp3) is 0.438. The number of carbonyl (C=O) groups is 5. The Labute approximate surface area is 590 Å². The van der Waals surface area contributed by atoms with Crippen LogP contribution >= 0.6 is 11.3 Å². The molecule has 0 bridgehead atoms. The van der Waals surface area contributed by atoms with Gasteiger partial charge in [0.15, 0.2) is 11.5 Å². The molecule has 2 aliphatic carbocycles. The Bertz CT molecular complexity index is 3680. The van der Waals surface area contributed by atoms with E-state index in [0.717, 1.165) is 153 Å². The van der Waals surface area contributed by atoms with E-state index in [1.54, 1.807) is 72.1 Å². The lowest BCUT2D eigenvalue weighted by molar-refractivity contribution is -0.218. The van der Waals surface area contributed by atoms with Crippen LogP contribution in [0.4, 0.5) is 5.13 Å². The number of hydrogen-bond donors (Lipinski definition) is 0. The predicted molar refractivity (Wildman–Crippen MR) is 386 cm³/mol. The number of carbonyl (C=O) groups excluding carboxylic acids is 5. The van der Waals surface area contributed by atoms with Gasteiger partial charge in [-0.2, -0.15) is 14.9 Å². The highest BCUT2D eigenvalue weighted by atomic mass is 32.1. The molecule has 0 N–H and O–H groups in total. The summed E-state index contributed by atoms with van der Waals surface area (Å²) < 4.78 is 40.4. The molecular formula is C80H95N3O16S. The van der Waals surface area contributed by atoms with Crippen LogP contribution < -0.4 is 33.7 Å². The first-order chi connectivity index (χ1) is 49.0. The van der Waals surface area contributed by atoms with Crippen molar-refractivity contribution in [2.75, 3.05) is 57.8 Å². The number of benzene rings is 6. The second kappa shape index (κ2) is 42.1. The second-order valence-corrected chi connectivity index (χ2v) is 26.5. The van der Waals surface area contributed by atoms with E-state index in [0.29, 0.717) is 113 Å². The van der Waals surface area contributed by atoms with Gasteiger partial charge in [0.2, 0.25) is 5.13 Å². The molecule has 532 valence electrons. The number of ether oxygens (including phenoxy) is 7. The summed E-state index contributed by atoms with van der Waals surface area (Å²) in [5.74, 6) is 1.42. The number of rotatable bonds is 44. The van der Waals surface area contributed by atoms with Crippen LogP contribution in [0.1, 0.15) is 152 Å². The first-order valence-electron chi connectivity index (χ1n) is 35.5. The number of anilines is 1. The van der Waals surface area contributed by atoms with Crippen molar-refractivity contribution < 1.29 is 76.7 Å². The normalized spacial score (nSPS) is 15.9. The summed E-state index contributed by atoms with van der Waals surface area (Å²) in [5, 5.41) is 9.96. The molecule has 7 aromatic rings. The molecule has 0 atom stereocenters. The Balaban J connectivity index is 0.744. The summed E-state index contributed by atoms with van der Waals surface area (Å²) in [7, 11) is 0. The molecule has 1 aromatic heterocycles. The van der Waals surface area contributed by atoms with E-state index in [9.17, 15) is 24.0 Å². The summed E-state index contributed by atoms with van der Waals surface area (Å²) in [6.07, 6.45) is 22.6. The standard InChI is InChI=1S/C80H95N3O16S/c1-3-75(84)91-50-21-11-9-18-48-89-67-37-41-69(42-38-67)96-78(87)63-33-29-60(30-34-63)58-95-99-73-46-45-71(97-79(88)64-35-27-59(28-36-64)57-94-98-70-43-39-68(40-44-70)90-49-19-10-12-22-51-92-76(85)4-2)55-66(73)56-81-83(80-82-72-25-15-16-26-74(72)100-80)47-17-7-5-6-8-20-52-93-77(86)54-61-31-32-62-23-13-14-24-65(62)53-61/h3-4,13-16,23-26,31-32,37-46,53,55-56,59-60,63-64H,1-2,5-12,17-22,27-30,33-36,47-52,54,57-58H2/b81-56+. The lowest BCUT2D eigenvalue weighted by Gasteiger charge is -2.27. The molecule has 0 unspecified atom stereocenters. The van der Waals surface area contributed by atoms with Crippen molar-refractivity contribution in [3.05, 3.63) is 170 Å². The molecule has 9 rings (SSSR count). The van der Waals surface area contributed by atoms with Gasteiger partial charge in [-0.05, 0) is 223 Å². The zero-order valence-corrected chi connectivity index (χ0v) is 58.2. The van der Waals surface area contributed by atoms with Gasteiger partial charge >= 0.3 is 29.8 Å². The van der Waals surface area contributed by atoms with Crippen LogP contribution in [0.25, 0.3) is 21.0 Å². The molecule has 0 spiro atoms. The van der Waals surface area contributed by atoms with Crippen molar-refractivity contribution in [2.24, 2.45) is 28.8 Å². The van der Waals surface area contributed by atoms with Gasteiger partial charge in [0.1, 0.15) is 23.0 Å². The Morgan fingerprint density at radius 3 is 1.59 bits per heavy atom. The molecule has 2 fully saturated rings. The highest BCUT2D eigenvalue weighted by molar-refractivity contribution is 7.22. The first-order valence-corrected chi connectivity index (χ1v) is 36.4. The number of nitrogens with zero attached hydrogens (tertiary/aromatic N) is 3. The van der Waals surface area contributed by atoms with E-state index in [-0.39, 0.29) is 48.0 Å². The molecular weight excluding hydrogens is 1290 g/mol. The zero-order valence-electron chi connectivity index (χ0n) is 57.4. The van der Waals surface area contributed by atoms with Crippen LogP contribution in [0, 0.1) is 23.7 Å². The van der Waals surface area contributed by atoms with Gasteiger partial charge in [-0.25, -0.2) is 19.6 Å². The van der Waals surface area contributed by atoms with E-state index in [1.165, 1.54) is 12.2 Å². The van der Waals surface area contributed by atoms with E-state index in [2.05, 4.69) is 25.3 Å². The number of thiazole rings is 1. The van der Waals surface area contributed by atoms with E-state index < -0.39 is 11.9 Å². The summed E-state index contributed by atoms with van der Waals surface area (Å²) in [5.41, 5.74) is 2.36. The summed E-state index contributed by atoms with van der Waals surface area (Å²) in [6, 6.07) is 41.8. The molecule has 0 aliphatic heterocycles. The molecule has 2 saturated carbocycles. The van der Waals surface area contributed by atoms with Gasteiger partial charge in [-0.15, -0.1) is 0 Å².